The van der Waals surface area contributed by atoms with Crippen molar-refractivity contribution in [2.45, 2.75) is 64.1 Å². The number of aryl methyl sites for hydroxylation is 3. The maximum absolute atomic E-state index is 13.8. The van der Waals surface area contributed by atoms with E-state index in [-0.39, 0.29) is 11.5 Å². The van der Waals surface area contributed by atoms with Crippen molar-refractivity contribution in [3.63, 3.8) is 0 Å². The Morgan fingerprint density at radius 3 is 2.62 bits per heavy atom. The topological polar surface area (TPSA) is 55.2 Å². The van der Waals surface area contributed by atoms with E-state index < -0.39 is 0 Å². The smallest absolute Gasteiger partial charge is 0.263 e. The summed E-state index contributed by atoms with van der Waals surface area (Å²) in [5, 5.41) is 1.50. The molecule has 0 bridgehead atoms. The van der Waals surface area contributed by atoms with E-state index in [9.17, 15) is 9.59 Å². The maximum Gasteiger partial charge on any atom is 0.263 e. The van der Waals surface area contributed by atoms with E-state index in [0.29, 0.717) is 29.3 Å². The Bertz CT molecular complexity index is 1220. The van der Waals surface area contributed by atoms with E-state index in [1.54, 1.807) is 11.3 Å². The number of fused-ring (bicyclic) bond motifs is 3. The summed E-state index contributed by atoms with van der Waals surface area (Å²) >= 11 is 3.11. The molecule has 2 aliphatic rings. The second kappa shape index (κ2) is 10.2. The second-order valence-corrected chi connectivity index (χ2v) is 12.0. The largest absolute Gasteiger partial charge is 0.341 e. The lowest BCUT2D eigenvalue weighted by Crippen LogP contribution is -2.43. The zero-order chi connectivity index (χ0) is 23.7. The number of thiophene rings is 1. The van der Waals surface area contributed by atoms with Gasteiger partial charge < -0.3 is 4.90 Å². The highest BCUT2D eigenvalue weighted by atomic mass is 32.2. The molecule has 1 amide bonds. The summed E-state index contributed by atoms with van der Waals surface area (Å²) in [6.45, 7) is 6.67. The molecule has 5 rings (SSSR count). The number of benzene rings is 1. The average molecular weight is 496 g/mol. The number of likely N-dealkylation sites (tertiary alicyclic amines) is 1. The number of hydrogen-bond donors (Lipinski definition) is 0. The van der Waals surface area contributed by atoms with Gasteiger partial charge in [0.15, 0.2) is 5.16 Å². The number of rotatable bonds is 6. The molecule has 0 saturated carbocycles. The van der Waals surface area contributed by atoms with E-state index in [4.69, 9.17) is 4.98 Å². The van der Waals surface area contributed by atoms with Crippen LogP contribution in [-0.2, 0) is 30.6 Å². The molecule has 1 aliphatic heterocycles. The van der Waals surface area contributed by atoms with Crippen LogP contribution in [0.1, 0.15) is 49.1 Å². The highest BCUT2D eigenvalue weighted by Crippen LogP contribution is 2.35. The number of carbonyl (C=O) groups excluding carboxylic acids is 1. The standard InChI is InChI=1S/C27H33N3O2S2/c1-18-14-19(2)16-29(15-18)23(31)17-33-27-28-25-24(21-10-6-7-11-22(21)34-25)26(32)30(27)13-12-20-8-4-3-5-9-20/h3-5,8-9,18-19H,6-7,10-17H2,1-2H3. The number of aromatic nitrogens is 2. The molecule has 3 aromatic rings. The summed E-state index contributed by atoms with van der Waals surface area (Å²) < 4.78 is 1.83. The van der Waals surface area contributed by atoms with Crippen molar-refractivity contribution in [1.82, 2.24) is 14.5 Å². The van der Waals surface area contributed by atoms with Gasteiger partial charge in [-0.3, -0.25) is 14.2 Å². The molecule has 2 unspecified atom stereocenters. The fourth-order valence-electron chi connectivity index (χ4n) is 5.50. The van der Waals surface area contributed by atoms with Gasteiger partial charge in [0.05, 0.1) is 11.1 Å². The monoisotopic (exact) mass is 495 g/mol. The zero-order valence-electron chi connectivity index (χ0n) is 20.1. The van der Waals surface area contributed by atoms with Crippen LogP contribution in [0, 0.1) is 11.8 Å². The Labute approximate surface area is 209 Å². The normalized spacial score (nSPS) is 20.5. The summed E-state index contributed by atoms with van der Waals surface area (Å²) in [6, 6.07) is 10.3. The molecule has 0 N–H and O–H groups in total. The van der Waals surface area contributed by atoms with Gasteiger partial charge in [0.25, 0.3) is 5.56 Å². The lowest BCUT2D eigenvalue weighted by atomic mass is 9.92. The molecule has 34 heavy (non-hydrogen) atoms. The second-order valence-electron chi connectivity index (χ2n) is 10.0. The number of amides is 1. The van der Waals surface area contributed by atoms with Gasteiger partial charge in [0.1, 0.15) is 4.83 Å². The maximum atomic E-state index is 13.8. The fourth-order valence-corrected chi connectivity index (χ4v) is 7.73. The fraction of sp³-hybridized carbons (Fsp3) is 0.519. The minimum Gasteiger partial charge on any atom is -0.341 e. The highest BCUT2D eigenvalue weighted by Gasteiger charge is 2.27. The molecule has 3 heterocycles. The predicted molar refractivity (Wildman–Crippen MR) is 141 cm³/mol. The lowest BCUT2D eigenvalue weighted by Gasteiger charge is -2.35. The van der Waals surface area contributed by atoms with Crippen LogP contribution in [-0.4, -0.2) is 39.2 Å². The van der Waals surface area contributed by atoms with Gasteiger partial charge in [0, 0.05) is 24.5 Å². The van der Waals surface area contributed by atoms with Gasteiger partial charge in [-0.1, -0.05) is 55.9 Å². The molecule has 5 nitrogen and oxygen atoms in total. The van der Waals surface area contributed by atoms with Crippen molar-refractivity contribution in [1.29, 1.82) is 0 Å². The SMILES string of the molecule is CC1CC(C)CN(C(=O)CSc2nc3sc4c(c3c(=O)n2CCc2ccccc2)CCCC4)C1. The van der Waals surface area contributed by atoms with Gasteiger partial charge in [-0.15, -0.1) is 11.3 Å². The third kappa shape index (κ3) is 4.96. The summed E-state index contributed by atoms with van der Waals surface area (Å²) in [5.74, 6) is 1.55. The molecule has 1 aromatic carbocycles. The summed E-state index contributed by atoms with van der Waals surface area (Å²) in [6.07, 6.45) is 6.29. The molecule has 7 heteroatoms. The van der Waals surface area contributed by atoms with Crippen LogP contribution in [0.25, 0.3) is 10.2 Å². The van der Waals surface area contributed by atoms with E-state index in [0.717, 1.165) is 49.0 Å². The summed E-state index contributed by atoms with van der Waals surface area (Å²) in [4.78, 5) is 36.0. The number of carbonyl (C=O) groups is 1. The molecule has 1 saturated heterocycles. The predicted octanol–water partition coefficient (Wildman–Crippen LogP) is 5.18. The summed E-state index contributed by atoms with van der Waals surface area (Å²) in [7, 11) is 0. The first-order valence-electron chi connectivity index (χ1n) is 12.5. The molecule has 1 fully saturated rings. The highest BCUT2D eigenvalue weighted by molar-refractivity contribution is 7.99. The minimum atomic E-state index is 0.0653. The Kier molecular flexibility index (Phi) is 7.11. The molecule has 0 spiro atoms. The van der Waals surface area contributed by atoms with E-state index in [1.807, 2.05) is 27.7 Å². The first kappa shape index (κ1) is 23.6. The third-order valence-corrected chi connectivity index (χ3v) is 9.20. The van der Waals surface area contributed by atoms with E-state index >= 15 is 0 Å². The number of hydrogen-bond acceptors (Lipinski definition) is 5. The first-order chi connectivity index (χ1) is 16.5. The third-order valence-electron chi connectivity index (χ3n) is 7.05. The van der Waals surface area contributed by atoms with Crippen molar-refractivity contribution in [3.05, 3.63) is 56.7 Å². The zero-order valence-corrected chi connectivity index (χ0v) is 21.7. The van der Waals surface area contributed by atoms with Crippen LogP contribution in [0.15, 0.2) is 40.3 Å². The molecular formula is C27H33N3O2S2. The van der Waals surface area contributed by atoms with Crippen molar-refractivity contribution in [3.8, 4) is 0 Å². The molecule has 2 atom stereocenters. The molecular weight excluding hydrogens is 462 g/mol. The number of thioether (sulfide) groups is 1. The van der Waals surface area contributed by atoms with Gasteiger partial charge in [-0.25, -0.2) is 4.98 Å². The average Bonchev–Trinajstić information content (AvgIpc) is 3.20. The number of piperidine rings is 1. The van der Waals surface area contributed by atoms with Crippen molar-refractivity contribution in [2.24, 2.45) is 11.8 Å². The van der Waals surface area contributed by atoms with Gasteiger partial charge >= 0.3 is 0 Å². The first-order valence-corrected chi connectivity index (χ1v) is 14.3. The Morgan fingerprint density at radius 2 is 1.85 bits per heavy atom. The van der Waals surface area contributed by atoms with Crippen LogP contribution in [0.5, 0.6) is 0 Å². The van der Waals surface area contributed by atoms with Gasteiger partial charge in [0.2, 0.25) is 5.91 Å². The van der Waals surface area contributed by atoms with E-state index in [2.05, 4.69) is 26.0 Å². The lowest BCUT2D eigenvalue weighted by molar-refractivity contribution is -0.130. The van der Waals surface area contributed by atoms with Crippen LogP contribution in [0.4, 0.5) is 0 Å². The van der Waals surface area contributed by atoms with Gasteiger partial charge in [-0.2, -0.15) is 0 Å². The molecule has 0 radical (unpaired) electrons. The van der Waals surface area contributed by atoms with Crippen molar-refractivity contribution < 1.29 is 4.79 Å². The Hall–Kier alpha value is -2.12. The van der Waals surface area contributed by atoms with Crippen LogP contribution >= 0.6 is 23.1 Å². The Balaban J connectivity index is 1.44. The molecule has 1 aliphatic carbocycles. The van der Waals surface area contributed by atoms with Crippen LogP contribution in [0.3, 0.4) is 0 Å². The van der Waals surface area contributed by atoms with Gasteiger partial charge in [-0.05, 0) is 61.5 Å². The minimum absolute atomic E-state index is 0.0653. The quantitative estimate of drug-likeness (QED) is 0.349. The van der Waals surface area contributed by atoms with Crippen LogP contribution < -0.4 is 5.56 Å². The number of nitrogens with zero attached hydrogens (tertiary/aromatic N) is 3. The molecule has 2 aromatic heterocycles. The van der Waals surface area contributed by atoms with Crippen LogP contribution in [0.2, 0.25) is 0 Å². The molecule has 180 valence electrons. The van der Waals surface area contributed by atoms with Crippen molar-refractivity contribution >= 4 is 39.2 Å². The Morgan fingerprint density at radius 1 is 1.12 bits per heavy atom. The van der Waals surface area contributed by atoms with E-state index in [1.165, 1.54) is 40.6 Å². The van der Waals surface area contributed by atoms with Crippen molar-refractivity contribution in [2.75, 3.05) is 18.8 Å². The summed E-state index contributed by atoms with van der Waals surface area (Å²) in [5.41, 5.74) is 2.49.